The van der Waals surface area contributed by atoms with E-state index in [1.807, 2.05) is 0 Å². The van der Waals surface area contributed by atoms with Crippen molar-refractivity contribution in [3.8, 4) is 0 Å². The minimum atomic E-state index is -3.83. The quantitative estimate of drug-likeness (QED) is 0.486. The molecule has 0 aliphatic rings. The maximum absolute atomic E-state index is 12.5. The minimum Gasteiger partial charge on any atom is -0.320 e. The van der Waals surface area contributed by atoms with Crippen molar-refractivity contribution in [1.82, 2.24) is 0 Å². The van der Waals surface area contributed by atoms with Crippen LogP contribution in [0, 0.1) is 10.1 Å². The Bertz CT molecular complexity index is 1110. The van der Waals surface area contributed by atoms with Crippen LogP contribution < -0.4 is 10.0 Å². The number of non-ortho nitro benzene ring substituents is 1. The number of nitro groups is 1. The molecule has 8 nitrogen and oxygen atoms in total. The lowest BCUT2D eigenvalue weighted by atomic mass is 10.2. The topological polar surface area (TPSA) is 118 Å². The third kappa shape index (κ3) is 4.33. The Kier molecular flexibility index (Phi) is 5.37. The Morgan fingerprint density at radius 2 is 1.39 bits per heavy atom. The lowest BCUT2D eigenvalue weighted by Gasteiger charge is -2.13. The van der Waals surface area contributed by atoms with Gasteiger partial charge in [-0.3, -0.25) is 19.6 Å². The van der Waals surface area contributed by atoms with Crippen molar-refractivity contribution in [3.63, 3.8) is 0 Å². The Balaban J connectivity index is 1.82. The van der Waals surface area contributed by atoms with E-state index in [1.165, 1.54) is 42.5 Å². The average molecular weight is 397 g/mol. The van der Waals surface area contributed by atoms with Gasteiger partial charge in [-0.1, -0.05) is 30.3 Å². The zero-order chi connectivity index (χ0) is 20.1. The van der Waals surface area contributed by atoms with E-state index in [0.29, 0.717) is 0 Å². The smallest absolute Gasteiger partial charge is 0.269 e. The molecule has 3 rings (SSSR count). The third-order valence-corrected chi connectivity index (χ3v) is 5.19. The summed E-state index contributed by atoms with van der Waals surface area (Å²) in [7, 11) is -3.83. The van der Waals surface area contributed by atoms with Gasteiger partial charge in [-0.25, -0.2) is 8.42 Å². The van der Waals surface area contributed by atoms with E-state index in [-0.39, 0.29) is 27.5 Å². The molecule has 0 radical (unpaired) electrons. The number of hydrogen-bond acceptors (Lipinski definition) is 5. The van der Waals surface area contributed by atoms with Crippen LogP contribution in [0.15, 0.2) is 83.8 Å². The fourth-order valence-corrected chi connectivity index (χ4v) is 3.51. The standard InChI is InChI=1S/C19H15N3O5S/c23-19(14-10-12-15(13-11-14)22(24)25)20-17-8-4-5-9-18(17)21-28(26,27)16-6-2-1-3-7-16/h1-13,21H,(H,20,23). The van der Waals surface area contributed by atoms with Crippen molar-refractivity contribution in [2.45, 2.75) is 4.90 Å². The van der Waals surface area contributed by atoms with E-state index < -0.39 is 20.9 Å². The number of carbonyl (C=O) groups excluding carboxylic acids is 1. The molecule has 0 aliphatic carbocycles. The zero-order valence-corrected chi connectivity index (χ0v) is 15.2. The van der Waals surface area contributed by atoms with Crippen LogP contribution in [0.3, 0.4) is 0 Å². The molecule has 0 saturated heterocycles. The normalized spacial score (nSPS) is 10.9. The molecule has 3 aromatic carbocycles. The molecule has 3 aromatic rings. The molecule has 0 bridgehead atoms. The number of nitrogens with zero attached hydrogens (tertiary/aromatic N) is 1. The van der Waals surface area contributed by atoms with Gasteiger partial charge in [-0.05, 0) is 36.4 Å². The van der Waals surface area contributed by atoms with Crippen molar-refractivity contribution < 1.29 is 18.1 Å². The second-order valence-electron chi connectivity index (χ2n) is 5.72. The number of benzene rings is 3. The van der Waals surface area contributed by atoms with Crippen LogP contribution in [0.25, 0.3) is 0 Å². The third-order valence-electron chi connectivity index (χ3n) is 3.81. The highest BCUT2D eigenvalue weighted by molar-refractivity contribution is 7.92. The maximum Gasteiger partial charge on any atom is 0.269 e. The largest absolute Gasteiger partial charge is 0.320 e. The molecule has 0 heterocycles. The SMILES string of the molecule is O=C(Nc1ccccc1NS(=O)(=O)c1ccccc1)c1ccc([N+](=O)[O-])cc1. The van der Waals surface area contributed by atoms with Crippen LogP contribution in [0.4, 0.5) is 17.1 Å². The lowest BCUT2D eigenvalue weighted by molar-refractivity contribution is -0.384. The van der Waals surface area contributed by atoms with Crippen LogP contribution in [-0.4, -0.2) is 19.2 Å². The van der Waals surface area contributed by atoms with Crippen LogP contribution in [-0.2, 0) is 10.0 Å². The summed E-state index contributed by atoms with van der Waals surface area (Å²) in [5.41, 5.74) is 0.519. The van der Waals surface area contributed by atoms with Crippen LogP contribution in [0.1, 0.15) is 10.4 Å². The molecule has 28 heavy (non-hydrogen) atoms. The van der Waals surface area contributed by atoms with E-state index in [1.54, 1.807) is 36.4 Å². The van der Waals surface area contributed by atoms with Gasteiger partial charge in [0, 0.05) is 17.7 Å². The number of para-hydroxylation sites is 2. The maximum atomic E-state index is 12.5. The van der Waals surface area contributed by atoms with Crippen LogP contribution in [0.2, 0.25) is 0 Å². The van der Waals surface area contributed by atoms with Gasteiger partial charge in [0.1, 0.15) is 0 Å². The molecule has 0 aromatic heterocycles. The van der Waals surface area contributed by atoms with Crippen molar-refractivity contribution in [2.75, 3.05) is 10.0 Å². The Hall–Kier alpha value is -3.72. The molecular weight excluding hydrogens is 382 g/mol. The van der Waals surface area contributed by atoms with Gasteiger partial charge in [0.15, 0.2) is 0 Å². The summed E-state index contributed by atoms with van der Waals surface area (Å²) in [5.74, 6) is -0.527. The van der Waals surface area contributed by atoms with E-state index in [2.05, 4.69) is 10.0 Å². The number of hydrogen-bond donors (Lipinski definition) is 2. The highest BCUT2D eigenvalue weighted by Gasteiger charge is 2.17. The number of carbonyl (C=O) groups is 1. The number of amides is 1. The molecule has 9 heteroatoms. The van der Waals surface area contributed by atoms with E-state index >= 15 is 0 Å². The molecular formula is C19H15N3O5S. The first-order chi connectivity index (χ1) is 13.4. The number of anilines is 2. The first-order valence-electron chi connectivity index (χ1n) is 8.09. The molecule has 0 spiro atoms. The van der Waals surface area contributed by atoms with Gasteiger partial charge < -0.3 is 5.32 Å². The summed E-state index contributed by atoms with van der Waals surface area (Å²) < 4.78 is 27.5. The molecule has 1 amide bonds. The second kappa shape index (κ2) is 7.89. The monoisotopic (exact) mass is 397 g/mol. The van der Waals surface area contributed by atoms with Gasteiger partial charge in [0.05, 0.1) is 21.2 Å². The Morgan fingerprint density at radius 1 is 0.821 bits per heavy atom. The van der Waals surface area contributed by atoms with Crippen LogP contribution >= 0.6 is 0 Å². The summed E-state index contributed by atoms with van der Waals surface area (Å²) >= 11 is 0. The first-order valence-corrected chi connectivity index (χ1v) is 9.58. The van der Waals surface area contributed by atoms with E-state index in [4.69, 9.17) is 0 Å². The Labute approximate surface area is 161 Å². The van der Waals surface area contributed by atoms with Crippen molar-refractivity contribution in [1.29, 1.82) is 0 Å². The van der Waals surface area contributed by atoms with Crippen molar-refractivity contribution >= 4 is 33.0 Å². The summed E-state index contributed by atoms with van der Waals surface area (Å²) in [6.45, 7) is 0. The van der Waals surface area contributed by atoms with Crippen molar-refractivity contribution in [3.05, 3.63) is 94.5 Å². The fraction of sp³-hybridized carbons (Fsp3) is 0. The summed E-state index contributed by atoms with van der Waals surface area (Å²) in [6.07, 6.45) is 0. The van der Waals surface area contributed by atoms with Gasteiger partial charge >= 0.3 is 0 Å². The molecule has 2 N–H and O–H groups in total. The molecule has 0 unspecified atom stereocenters. The minimum absolute atomic E-state index is 0.0894. The van der Waals surface area contributed by atoms with Crippen molar-refractivity contribution in [2.24, 2.45) is 0 Å². The van der Waals surface area contributed by atoms with Gasteiger partial charge in [0.2, 0.25) is 0 Å². The highest BCUT2D eigenvalue weighted by atomic mass is 32.2. The number of nitro benzene ring substituents is 1. The summed E-state index contributed by atoms with van der Waals surface area (Å²) in [4.78, 5) is 22.7. The first kappa shape index (κ1) is 19.1. The number of rotatable bonds is 6. The number of nitrogens with one attached hydrogen (secondary N) is 2. The highest BCUT2D eigenvalue weighted by Crippen LogP contribution is 2.25. The van der Waals surface area contributed by atoms with Gasteiger partial charge in [0.25, 0.3) is 21.6 Å². The zero-order valence-electron chi connectivity index (χ0n) is 14.4. The predicted octanol–water partition coefficient (Wildman–Crippen LogP) is 3.65. The second-order valence-corrected chi connectivity index (χ2v) is 7.40. The van der Waals surface area contributed by atoms with E-state index in [9.17, 15) is 23.3 Å². The lowest BCUT2D eigenvalue weighted by Crippen LogP contribution is -2.17. The average Bonchev–Trinajstić information content (AvgIpc) is 2.70. The summed E-state index contributed by atoms with van der Waals surface area (Å²) in [5, 5.41) is 13.3. The molecule has 0 saturated carbocycles. The molecule has 0 atom stereocenters. The van der Waals surface area contributed by atoms with Gasteiger partial charge in [-0.2, -0.15) is 0 Å². The predicted molar refractivity (Wildman–Crippen MR) is 105 cm³/mol. The molecule has 0 fully saturated rings. The van der Waals surface area contributed by atoms with E-state index in [0.717, 1.165) is 0 Å². The van der Waals surface area contributed by atoms with Gasteiger partial charge in [-0.15, -0.1) is 0 Å². The summed E-state index contributed by atoms with van der Waals surface area (Å²) in [6, 6.07) is 19.3. The molecule has 0 aliphatic heterocycles. The Morgan fingerprint density at radius 3 is 2.00 bits per heavy atom. The van der Waals surface area contributed by atoms with Crippen LogP contribution in [0.5, 0.6) is 0 Å². The fourth-order valence-electron chi connectivity index (χ4n) is 2.41. The molecule has 142 valence electrons. The number of sulfonamides is 1.